The van der Waals surface area contributed by atoms with E-state index >= 15 is 0 Å². The van der Waals surface area contributed by atoms with Crippen molar-refractivity contribution in [3.05, 3.63) is 24.6 Å². The zero-order valence-corrected chi connectivity index (χ0v) is 14.0. The van der Waals surface area contributed by atoms with Crippen LogP contribution >= 0.6 is 0 Å². The first-order valence-corrected chi connectivity index (χ1v) is 11.1. The molecule has 0 atom stereocenters. The molecule has 0 aromatic rings. The molecule has 0 bridgehead atoms. The molecule has 0 spiro atoms. The normalized spacial score (nSPS) is 13.2. The quantitative estimate of drug-likeness (QED) is 0.690. The molecule has 100 valence electrons. The van der Waals surface area contributed by atoms with Crippen molar-refractivity contribution in [3.8, 4) is 0 Å². The predicted octanol–water partition coefficient (Wildman–Crippen LogP) is 3.02. The fourth-order valence-electron chi connectivity index (χ4n) is 1.79. The monoisotopic (exact) mass is 273 g/mol. The Labute approximate surface area is 108 Å². The van der Waals surface area contributed by atoms with E-state index in [0.29, 0.717) is 0 Å². The third-order valence-corrected chi connectivity index (χ3v) is 9.17. The van der Waals surface area contributed by atoms with Crippen molar-refractivity contribution in [1.29, 1.82) is 0 Å². The van der Waals surface area contributed by atoms with Crippen molar-refractivity contribution >= 4 is 17.0 Å². The molecular weight excluding hydrogens is 246 g/mol. The van der Waals surface area contributed by atoms with Gasteiger partial charge in [0.25, 0.3) is 8.48 Å². The van der Waals surface area contributed by atoms with E-state index in [1.54, 1.807) is 0 Å². The molecule has 0 aliphatic rings. The van der Waals surface area contributed by atoms with E-state index in [9.17, 15) is 0 Å². The van der Waals surface area contributed by atoms with Gasteiger partial charge in [0.05, 0.1) is 0 Å². The molecule has 0 unspecified atom stereocenters. The largest absolute Gasteiger partial charge is 0.401 e. The molecule has 0 aromatic heterocycles. The van der Waals surface area contributed by atoms with Gasteiger partial charge in [-0.1, -0.05) is 11.4 Å². The van der Waals surface area contributed by atoms with Crippen molar-refractivity contribution in [2.75, 3.05) is 0 Å². The predicted molar refractivity (Wildman–Crippen MR) is 79.2 cm³/mol. The molecule has 17 heavy (non-hydrogen) atoms. The van der Waals surface area contributed by atoms with E-state index in [0.717, 1.165) is 0 Å². The minimum atomic E-state index is -2.29. The van der Waals surface area contributed by atoms with Crippen molar-refractivity contribution in [2.45, 2.75) is 53.0 Å². The van der Waals surface area contributed by atoms with Crippen molar-refractivity contribution in [1.82, 2.24) is 4.65 Å². The SMILES string of the molecule is C=C[Si](C=C)(N[Si](C)(C)OC(C)C)OC(C)C. The average molecular weight is 274 g/mol. The van der Waals surface area contributed by atoms with Gasteiger partial charge < -0.3 is 13.5 Å². The van der Waals surface area contributed by atoms with Gasteiger partial charge in [0.15, 0.2) is 0 Å². The van der Waals surface area contributed by atoms with Crippen molar-refractivity contribution in [3.63, 3.8) is 0 Å². The summed E-state index contributed by atoms with van der Waals surface area (Å²) in [5, 5.41) is 0. The van der Waals surface area contributed by atoms with Crippen LogP contribution in [0, 0.1) is 0 Å². The van der Waals surface area contributed by atoms with E-state index in [4.69, 9.17) is 8.85 Å². The first kappa shape index (κ1) is 16.8. The molecule has 0 fully saturated rings. The Hall–Kier alpha value is -0.206. The summed E-state index contributed by atoms with van der Waals surface area (Å²) in [7, 11) is -4.26. The molecule has 3 nitrogen and oxygen atoms in total. The molecule has 0 aromatic carbocycles. The summed E-state index contributed by atoms with van der Waals surface area (Å²) >= 11 is 0. The molecule has 1 N–H and O–H groups in total. The number of nitrogens with one attached hydrogen (secondary N) is 1. The van der Waals surface area contributed by atoms with Crippen LogP contribution in [0.1, 0.15) is 27.7 Å². The Bertz CT molecular complexity index is 257. The van der Waals surface area contributed by atoms with E-state index in [2.05, 4.69) is 30.9 Å². The lowest BCUT2D eigenvalue weighted by Gasteiger charge is -2.36. The lowest BCUT2D eigenvalue weighted by Crippen LogP contribution is -2.64. The minimum absolute atomic E-state index is 0.147. The first-order valence-electron chi connectivity index (χ1n) is 6.08. The highest BCUT2D eigenvalue weighted by molar-refractivity contribution is 6.92. The number of hydrogen-bond donors (Lipinski definition) is 1. The van der Waals surface area contributed by atoms with Gasteiger partial charge in [-0.2, -0.15) is 0 Å². The molecule has 0 aliphatic carbocycles. The van der Waals surface area contributed by atoms with Crippen LogP contribution in [0.4, 0.5) is 0 Å². The van der Waals surface area contributed by atoms with E-state index in [1.165, 1.54) is 0 Å². The highest BCUT2D eigenvalue weighted by Crippen LogP contribution is 2.14. The molecule has 0 heterocycles. The van der Waals surface area contributed by atoms with Crippen LogP contribution in [-0.4, -0.2) is 29.2 Å². The van der Waals surface area contributed by atoms with Crippen molar-refractivity contribution < 1.29 is 8.85 Å². The molecule has 0 saturated carbocycles. The van der Waals surface area contributed by atoms with Crippen LogP contribution in [0.5, 0.6) is 0 Å². The maximum absolute atomic E-state index is 6.00. The smallest absolute Gasteiger partial charge is 0.315 e. The van der Waals surface area contributed by atoms with Gasteiger partial charge in [0, 0.05) is 12.2 Å². The van der Waals surface area contributed by atoms with Gasteiger partial charge in [0.1, 0.15) is 0 Å². The second-order valence-corrected chi connectivity index (χ2v) is 12.1. The molecule has 0 radical (unpaired) electrons. The molecule has 0 amide bonds. The fourth-order valence-corrected chi connectivity index (χ4v) is 9.16. The van der Waals surface area contributed by atoms with Crippen LogP contribution in [0.15, 0.2) is 24.6 Å². The van der Waals surface area contributed by atoms with Gasteiger partial charge in [-0.05, 0) is 40.8 Å². The molecule has 0 saturated heterocycles. The Morgan fingerprint density at radius 1 is 0.941 bits per heavy atom. The topological polar surface area (TPSA) is 30.5 Å². The standard InChI is InChI=1S/C12H27NO2Si2/c1-9-17(10-2,15-12(5)6)13-16(7,8)14-11(3)4/h9-13H,1-2H2,3-8H3. The summed E-state index contributed by atoms with van der Waals surface area (Å²) in [6, 6.07) is 0. The van der Waals surface area contributed by atoms with Crippen LogP contribution in [0.2, 0.25) is 13.1 Å². The van der Waals surface area contributed by atoms with E-state index in [-0.39, 0.29) is 12.2 Å². The van der Waals surface area contributed by atoms with Crippen LogP contribution in [-0.2, 0) is 8.85 Å². The highest BCUT2D eigenvalue weighted by Gasteiger charge is 2.38. The fraction of sp³-hybridized carbons (Fsp3) is 0.667. The van der Waals surface area contributed by atoms with Gasteiger partial charge in [0.2, 0.25) is 0 Å². The summed E-state index contributed by atoms with van der Waals surface area (Å²) in [5.41, 5.74) is 3.75. The minimum Gasteiger partial charge on any atom is -0.401 e. The second-order valence-electron chi connectivity index (χ2n) is 5.17. The summed E-state index contributed by atoms with van der Waals surface area (Å²) in [4.78, 5) is 0. The molecule has 5 heteroatoms. The van der Waals surface area contributed by atoms with Gasteiger partial charge in [-0.3, -0.25) is 0 Å². The van der Waals surface area contributed by atoms with Crippen molar-refractivity contribution in [2.24, 2.45) is 0 Å². The maximum Gasteiger partial charge on any atom is 0.315 e. The summed E-state index contributed by atoms with van der Waals surface area (Å²) < 4.78 is 15.5. The lowest BCUT2D eigenvalue weighted by atomic mass is 10.5. The van der Waals surface area contributed by atoms with E-state index in [1.807, 2.05) is 39.1 Å². The third-order valence-electron chi connectivity index (χ3n) is 2.06. The second kappa shape index (κ2) is 6.65. The number of hydrogen-bond acceptors (Lipinski definition) is 3. The van der Waals surface area contributed by atoms with Gasteiger partial charge >= 0.3 is 8.48 Å². The summed E-state index contributed by atoms with van der Waals surface area (Å²) in [5.74, 6) is 0. The van der Waals surface area contributed by atoms with Crippen LogP contribution < -0.4 is 4.65 Å². The number of rotatable bonds is 8. The molecule has 0 rings (SSSR count). The Morgan fingerprint density at radius 2 is 1.35 bits per heavy atom. The lowest BCUT2D eigenvalue weighted by molar-refractivity contribution is 0.215. The molecule has 0 aliphatic heterocycles. The van der Waals surface area contributed by atoms with Gasteiger partial charge in [-0.25, -0.2) is 0 Å². The first-order chi connectivity index (χ1) is 7.66. The Kier molecular flexibility index (Phi) is 6.57. The van der Waals surface area contributed by atoms with Crippen LogP contribution in [0.25, 0.3) is 0 Å². The average Bonchev–Trinajstić information content (AvgIpc) is 2.13. The zero-order valence-electron chi connectivity index (χ0n) is 12.0. The highest BCUT2D eigenvalue weighted by atomic mass is 28.4. The summed E-state index contributed by atoms with van der Waals surface area (Å²) in [6.07, 6.45) is 0.360. The Morgan fingerprint density at radius 3 is 1.65 bits per heavy atom. The maximum atomic E-state index is 6.00. The third kappa shape index (κ3) is 6.33. The molecular formula is C12H27NO2Si2. The van der Waals surface area contributed by atoms with E-state index < -0.39 is 17.0 Å². The Balaban J connectivity index is 4.85. The zero-order chi connectivity index (χ0) is 13.7. The summed E-state index contributed by atoms with van der Waals surface area (Å²) in [6.45, 7) is 20.2. The van der Waals surface area contributed by atoms with Gasteiger partial charge in [-0.15, -0.1) is 13.2 Å². The van der Waals surface area contributed by atoms with Crippen LogP contribution in [0.3, 0.4) is 0 Å².